The summed E-state index contributed by atoms with van der Waals surface area (Å²) in [5.74, 6) is -0.256. The Balaban J connectivity index is 1.80. The van der Waals surface area contributed by atoms with Gasteiger partial charge in [-0.05, 0) is 29.2 Å². The lowest BCUT2D eigenvalue weighted by Crippen LogP contribution is -2.14. The van der Waals surface area contributed by atoms with Crippen LogP contribution in [0.1, 0.15) is 36.7 Å². The molecule has 3 rings (SSSR count). The predicted molar refractivity (Wildman–Crippen MR) is 99.4 cm³/mol. The molecule has 7 heteroatoms. The molecule has 0 aliphatic carbocycles. The molecule has 1 amide bonds. The Kier molecular flexibility index (Phi) is 4.26. The predicted octanol–water partition coefficient (Wildman–Crippen LogP) is 4.75. The molecule has 0 atom stereocenters. The summed E-state index contributed by atoms with van der Waals surface area (Å²) in [6.45, 7) is 6.34. The van der Waals surface area contributed by atoms with E-state index in [0.717, 1.165) is 10.3 Å². The number of carbonyl (C=O) groups excluding carboxylic acids is 1. The van der Waals surface area contributed by atoms with Crippen LogP contribution in [0.4, 0.5) is 10.8 Å². The molecule has 0 aliphatic rings. The van der Waals surface area contributed by atoms with Crippen LogP contribution in [0.15, 0.2) is 42.5 Å². The van der Waals surface area contributed by atoms with E-state index in [1.165, 1.54) is 23.5 Å². The van der Waals surface area contributed by atoms with Gasteiger partial charge in [0.1, 0.15) is 0 Å². The Bertz CT molecular complexity index is 956. The van der Waals surface area contributed by atoms with Crippen molar-refractivity contribution >= 4 is 38.3 Å². The third-order valence-electron chi connectivity index (χ3n) is 3.82. The summed E-state index contributed by atoms with van der Waals surface area (Å²) in [7, 11) is 0. The second-order valence-corrected chi connectivity index (χ2v) is 7.74. The number of amides is 1. The standard InChI is InChI=1S/C18H17N3O3S/c1-18(2,3)12-6-4-11(5-7-12)16(22)20-17-19-14-10-13(21(23)24)8-9-15(14)25-17/h4-10H,1-3H3,(H,19,20,22). The summed E-state index contributed by atoms with van der Waals surface area (Å²) in [5, 5.41) is 14.0. The highest BCUT2D eigenvalue weighted by molar-refractivity contribution is 7.22. The van der Waals surface area contributed by atoms with Gasteiger partial charge < -0.3 is 0 Å². The topological polar surface area (TPSA) is 85.1 Å². The third-order valence-corrected chi connectivity index (χ3v) is 4.77. The third kappa shape index (κ3) is 3.66. The van der Waals surface area contributed by atoms with Crippen molar-refractivity contribution in [1.29, 1.82) is 0 Å². The maximum Gasteiger partial charge on any atom is 0.271 e. The van der Waals surface area contributed by atoms with Crippen LogP contribution in [0.25, 0.3) is 10.2 Å². The minimum absolute atomic E-state index is 0.0200. The van der Waals surface area contributed by atoms with E-state index in [-0.39, 0.29) is 17.0 Å². The zero-order valence-electron chi connectivity index (χ0n) is 14.1. The van der Waals surface area contributed by atoms with E-state index in [9.17, 15) is 14.9 Å². The largest absolute Gasteiger partial charge is 0.298 e. The van der Waals surface area contributed by atoms with E-state index < -0.39 is 4.92 Å². The number of nitro benzene ring substituents is 1. The van der Waals surface area contributed by atoms with E-state index in [0.29, 0.717) is 16.2 Å². The Morgan fingerprint density at radius 3 is 2.44 bits per heavy atom. The highest BCUT2D eigenvalue weighted by Gasteiger charge is 2.16. The van der Waals surface area contributed by atoms with Gasteiger partial charge >= 0.3 is 0 Å². The normalized spacial score (nSPS) is 11.5. The van der Waals surface area contributed by atoms with Crippen LogP contribution in [0.2, 0.25) is 0 Å². The van der Waals surface area contributed by atoms with Crippen molar-refractivity contribution in [2.75, 3.05) is 5.32 Å². The number of rotatable bonds is 3. The highest BCUT2D eigenvalue weighted by atomic mass is 32.1. The van der Waals surface area contributed by atoms with E-state index in [4.69, 9.17) is 0 Å². The van der Waals surface area contributed by atoms with Crippen LogP contribution in [-0.2, 0) is 5.41 Å². The van der Waals surface area contributed by atoms with Crippen molar-refractivity contribution in [3.05, 3.63) is 63.7 Å². The maximum absolute atomic E-state index is 12.4. The van der Waals surface area contributed by atoms with Gasteiger partial charge in [-0.2, -0.15) is 0 Å². The number of hydrogen-bond donors (Lipinski definition) is 1. The van der Waals surface area contributed by atoms with Gasteiger partial charge in [-0.1, -0.05) is 44.2 Å². The van der Waals surface area contributed by atoms with Gasteiger partial charge in [0.15, 0.2) is 5.13 Å². The van der Waals surface area contributed by atoms with Crippen molar-refractivity contribution in [2.24, 2.45) is 0 Å². The molecule has 128 valence electrons. The Labute approximate surface area is 148 Å². The average Bonchev–Trinajstić information content (AvgIpc) is 2.95. The van der Waals surface area contributed by atoms with Crippen LogP contribution >= 0.6 is 11.3 Å². The molecule has 1 N–H and O–H groups in total. The molecule has 0 bridgehead atoms. The summed E-state index contributed by atoms with van der Waals surface area (Å²) < 4.78 is 0.781. The van der Waals surface area contributed by atoms with Crippen molar-refractivity contribution in [3.63, 3.8) is 0 Å². The number of nitrogens with one attached hydrogen (secondary N) is 1. The highest BCUT2D eigenvalue weighted by Crippen LogP contribution is 2.29. The lowest BCUT2D eigenvalue weighted by Gasteiger charge is -2.18. The van der Waals surface area contributed by atoms with E-state index in [1.807, 2.05) is 12.1 Å². The van der Waals surface area contributed by atoms with E-state index in [1.54, 1.807) is 18.2 Å². The van der Waals surface area contributed by atoms with Crippen LogP contribution in [0, 0.1) is 10.1 Å². The number of nitro groups is 1. The second kappa shape index (κ2) is 6.25. The van der Waals surface area contributed by atoms with Crippen molar-refractivity contribution in [3.8, 4) is 0 Å². The lowest BCUT2D eigenvalue weighted by molar-refractivity contribution is -0.384. The number of non-ortho nitro benzene ring substituents is 1. The first-order chi connectivity index (χ1) is 11.7. The SMILES string of the molecule is CC(C)(C)c1ccc(C(=O)Nc2nc3cc([N+](=O)[O-])ccc3s2)cc1. The minimum Gasteiger partial charge on any atom is -0.298 e. The number of carbonyl (C=O) groups is 1. The number of aromatic nitrogens is 1. The molecule has 1 heterocycles. The first-order valence-corrected chi connectivity index (χ1v) is 8.52. The number of thiazole rings is 1. The fourth-order valence-electron chi connectivity index (χ4n) is 2.37. The molecule has 0 radical (unpaired) electrons. The number of hydrogen-bond acceptors (Lipinski definition) is 5. The molecule has 3 aromatic rings. The van der Waals surface area contributed by atoms with Gasteiger partial charge in [-0.25, -0.2) is 4.98 Å². The van der Waals surface area contributed by atoms with Crippen molar-refractivity contribution in [1.82, 2.24) is 4.98 Å². The minimum atomic E-state index is -0.464. The van der Waals surface area contributed by atoms with Crippen LogP contribution in [-0.4, -0.2) is 15.8 Å². The van der Waals surface area contributed by atoms with Gasteiger partial charge in [0.05, 0.1) is 15.1 Å². The quantitative estimate of drug-likeness (QED) is 0.542. The number of benzene rings is 2. The van der Waals surface area contributed by atoms with Gasteiger partial charge in [0.25, 0.3) is 11.6 Å². The smallest absolute Gasteiger partial charge is 0.271 e. The van der Waals surface area contributed by atoms with Gasteiger partial charge in [0, 0.05) is 17.7 Å². The van der Waals surface area contributed by atoms with E-state index in [2.05, 4.69) is 31.1 Å². The molecule has 0 fully saturated rings. The molecular weight excluding hydrogens is 338 g/mol. The van der Waals surface area contributed by atoms with Gasteiger partial charge in [-0.15, -0.1) is 0 Å². The summed E-state index contributed by atoms with van der Waals surface area (Å²) in [6.07, 6.45) is 0. The Morgan fingerprint density at radius 1 is 1.16 bits per heavy atom. The second-order valence-electron chi connectivity index (χ2n) is 6.71. The molecular formula is C18H17N3O3S. The monoisotopic (exact) mass is 355 g/mol. The van der Waals surface area contributed by atoms with Crippen LogP contribution < -0.4 is 5.32 Å². The van der Waals surface area contributed by atoms with Crippen LogP contribution in [0.3, 0.4) is 0 Å². The Morgan fingerprint density at radius 2 is 1.84 bits per heavy atom. The fourth-order valence-corrected chi connectivity index (χ4v) is 3.21. The van der Waals surface area contributed by atoms with Crippen LogP contribution in [0.5, 0.6) is 0 Å². The molecule has 2 aromatic carbocycles. The molecule has 0 saturated heterocycles. The van der Waals surface area contributed by atoms with Gasteiger partial charge in [0.2, 0.25) is 0 Å². The fraction of sp³-hybridized carbons (Fsp3) is 0.222. The molecule has 25 heavy (non-hydrogen) atoms. The summed E-state index contributed by atoms with van der Waals surface area (Å²) >= 11 is 1.28. The average molecular weight is 355 g/mol. The zero-order chi connectivity index (χ0) is 18.2. The Hall–Kier alpha value is -2.80. The summed E-state index contributed by atoms with van der Waals surface area (Å²) in [5.41, 5.74) is 2.19. The summed E-state index contributed by atoms with van der Waals surface area (Å²) in [4.78, 5) is 27.0. The first kappa shape index (κ1) is 17.0. The molecule has 0 spiro atoms. The maximum atomic E-state index is 12.4. The van der Waals surface area contributed by atoms with Crippen molar-refractivity contribution < 1.29 is 9.72 Å². The number of anilines is 1. The first-order valence-electron chi connectivity index (χ1n) is 7.71. The molecule has 0 saturated carbocycles. The molecule has 0 aliphatic heterocycles. The van der Waals surface area contributed by atoms with Crippen molar-refractivity contribution in [2.45, 2.75) is 26.2 Å². The molecule has 1 aromatic heterocycles. The zero-order valence-corrected chi connectivity index (χ0v) is 14.9. The van der Waals surface area contributed by atoms with E-state index >= 15 is 0 Å². The lowest BCUT2D eigenvalue weighted by atomic mass is 9.87. The number of fused-ring (bicyclic) bond motifs is 1. The molecule has 0 unspecified atom stereocenters. The van der Waals surface area contributed by atoms with Gasteiger partial charge in [-0.3, -0.25) is 20.2 Å². The molecule has 6 nitrogen and oxygen atoms in total. The summed E-state index contributed by atoms with van der Waals surface area (Å²) in [6, 6.07) is 11.9. The number of nitrogens with zero attached hydrogens (tertiary/aromatic N) is 2.